The summed E-state index contributed by atoms with van der Waals surface area (Å²) in [6.45, 7) is -2.91. The second-order valence-electron chi connectivity index (χ2n) is 6.59. The largest absolute Gasteiger partial charge is 0.493 e. The maximum Gasteiger partial charge on any atom is 0.387 e. The first-order valence-electron chi connectivity index (χ1n) is 9.65. The van der Waals surface area contributed by atoms with Gasteiger partial charge in [-0.05, 0) is 72.4 Å². The lowest BCUT2D eigenvalue weighted by Crippen LogP contribution is -2.08. The summed E-state index contributed by atoms with van der Waals surface area (Å²) in [5.74, 6) is 0.276. The number of carbonyl (C=O) groups is 1. The second-order valence-corrected chi connectivity index (χ2v) is 6.98. The highest BCUT2D eigenvalue weighted by molar-refractivity contribution is 7.71. The van der Waals surface area contributed by atoms with Gasteiger partial charge in [0.25, 0.3) is 0 Å². The Kier molecular flexibility index (Phi) is 6.78. The summed E-state index contributed by atoms with van der Waals surface area (Å²) < 4.78 is 46.3. The number of benzene rings is 2. The molecule has 0 aliphatic carbocycles. The molecule has 0 unspecified atom stereocenters. The van der Waals surface area contributed by atoms with Gasteiger partial charge in [-0.1, -0.05) is 0 Å². The molecule has 0 bridgehead atoms. The molecule has 0 fully saturated rings. The number of alkyl halides is 2. The number of ether oxygens (including phenoxy) is 3. The van der Waals surface area contributed by atoms with Crippen molar-refractivity contribution >= 4 is 24.4 Å². The van der Waals surface area contributed by atoms with Gasteiger partial charge in [0.2, 0.25) is 10.5 Å². The van der Waals surface area contributed by atoms with Gasteiger partial charge in [0.05, 0.1) is 19.6 Å². The lowest BCUT2D eigenvalue weighted by molar-refractivity contribution is -0.0498. The van der Waals surface area contributed by atoms with Crippen LogP contribution in [0.5, 0.6) is 17.2 Å². The number of carbonyl (C=O) groups excluding carboxylic acids is 1. The van der Waals surface area contributed by atoms with Crippen molar-refractivity contribution in [3.05, 3.63) is 77.0 Å². The quantitative estimate of drug-likeness (QED) is 0.163. The Morgan fingerprint density at radius 2 is 2.00 bits per heavy atom. The SMILES string of the molecule is COc1cc(C=Nn2c(-c3ccc(OC(F)F)cc3)n[nH]c2=S)ccc1OC(=O)c1ccco1. The van der Waals surface area contributed by atoms with E-state index in [2.05, 4.69) is 20.0 Å². The van der Waals surface area contributed by atoms with Gasteiger partial charge in [-0.2, -0.15) is 23.7 Å². The average Bonchev–Trinajstić information content (AvgIpc) is 3.49. The second kappa shape index (κ2) is 10.1. The number of nitrogens with zero attached hydrogens (tertiary/aromatic N) is 3. The van der Waals surface area contributed by atoms with E-state index in [1.165, 1.54) is 42.5 Å². The highest BCUT2D eigenvalue weighted by Gasteiger charge is 2.15. The molecule has 0 aliphatic heterocycles. The van der Waals surface area contributed by atoms with E-state index in [-0.39, 0.29) is 22.0 Å². The van der Waals surface area contributed by atoms with E-state index in [0.717, 1.165) is 0 Å². The van der Waals surface area contributed by atoms with Crippen LogP contribution in [0.1, 0.15) is 16.1 Å². The fraction of sp³-hybridized carbons (Fsp3) is 0.0909. The molecule has 0 atom stereocenters. The van der Waals surface area contributed by atoms with Gasteiger partial charge in [-0.3, -0.25) is 0 Å². The highest BCUT2D eigenvalue weighted by atomic mass is 32.1. The van der Waals surface area contributed by atoms with E-state index in [9.17, 15) is 13.6 Å². The maximum atomic E-state index is 12.4. The van der Waals surface area contributed by atoms with Crippen molar-refractivity contribution in [2.45, 2.75) is 6.61 Å². The van der Waals surface area contributed by atoms with Gasteiger partial charge in [-0.25, -0.2) is 9.89 Å². The Morgan fingerprint density at radius 1 is 1.21 bits per heavy atom. The maximum absolute atomic E-state index is 12.4. The molecular formula is C22H16F2N4O5S. The molecule has 0 aliphatic rings. The zero-order valence-electron chi connectivity index (χ0n) is 17.5. The molecule has 0 saturated carbocycles. The number of rotatable bonds is 8. The number of methoxy groups -OCH3 is 1. The van der Waals surface area contributed by atoms with Gasteiger partial charge >= 0.3 is 12.6 Å². The number of esters is 1. The Morgan fingerprint density at radius 3 is 2.68 bits per heavy atom. The van der Waals surface area contributed by atoms with E-state index < -0.39 is 12.6 Å². The van der Waals surface area contributed by atoms with Crippen molar-refractivity contribution in [3.63, 3.8) is 0 Å². The molecular weight excluding hydrogens is 470 g/mol. The summed E-state index contributed by atoms with van der Waals surface area (Å²) in [5, 5.41) is 11.1. The van der Waals surface area contributed by atoms with Crippen molar-refractivity contribution in [3.8, 4) is 28.6 Å². The first kappa shape index (κ1) is 22.9. The molecule has 174 valence electrons. The minimum Gasteiger partial charge on any atom is -0.493 e. The number of aromatic amines is 1. The summed E-state index contributed by atoms with van der Waals surface area (Å²) in [6.07, 6.45) is 2.87. The molecule has 0 radical (unpaired) electrons. The zero-order valence-corrected chi connectivity index (χ0v) is 18.3. The Hall–Kier alpha value is -4.32. The number of hydrogen-bond donors (Lipinski definition) is 1. The number of aromatic nitrogens is 3. The number of nitrogens with one attached hydrogen (secondary N) is 1. The lowest BCUT2D eigenvalue weighted by Gasteiger charge is -2.09. The third-order valence-electron chi connectivity index (χ3n) is 4.42. The van der Waals surface area contributed by atoms with E-state index in [0.29, 0.717) is 22.7 Å². The van der Waals surface area contributed by atoms with Crippen LogP contribution in [0.15, 0.2) is 70.4 Å². The molecule has 0 amide bonds. The van der Waals surface area contributed by atoms with E-state index in [1.807, 2.05) is 0 Å². The lowest BCUT2D eigenvalue weighted by atomic mass is 10.2. The van der Waals surface area contributed by atoms with Gasteiger partial charge in [-0.15, -0.1) is 0 Å². The molecule has 2 aromatic heterocycles. The van der Waals surface area contributed by atoms with Gasteiger partial charge < -0.3 is 18.6 Å². The minimum absolute atomic E-state index is 0.0165. The number of H-pyrrole nitrogens is 1. The topological polar surface area (TPSA) is 104 Å². The van der Waals surface area contributed by atoms with Crippen molar-refractivity contribution < 1.29 is 32.2 Å². The van der Waals surface area contributed by atoms with E-state index in [1.54, 1.807) is 36.4 Å². The molecule has 1 N–H and O–H groups in total. The molecule has 9 nitrogen and oxygen atoms in total. The summed E-state index contributed by atoms with van der Waals surface area (Å²) in [5.41, 5.74) is 1.19. The summed E-state index contributed by atoms with van der Waals surface area (Å²) in [4.78, 5) is 12.1. The third kappa shape index (κ3) is 5.18. The molecule has 4 aromatic rings. The van der Waals surface area contributed by atoms with Crippen LogP contribution >= 0.6 is 12.2 Å². The molecule has 2 aromatic carbocycles. The molecule has 2 heterocycles. The third-order valence-corrected chi connectivity index (χ3v) is 4.69. The van der Waals surface area contributed by atoms with Crippen LogP contribution < -0.4 is 14.2 Å². The zero-order chi connectivity index (χ0) is 24.1. The number of halogens is 2. The smallest absolute Gasteiger partial charge is 0.387 e. The Labute approximate surface area is 196 Å². The van der Waals surface area contributed by atoms with E-state index >= 15 is 0 Å². The van der Waals surface area contributed by atoms with Crippen LogP contribution in [0.3, 0.4) is 0 Å². The van der Waals surface area contributed by atoms with Crippen molar-refractivity contribution in [1.82, 2.24) is 14.9 Å². The van der Waals surface area contributed by atoms with Crippen molar-refractivity contribution in [1.29, 1.82) is 0 Å². The van der Waals surface area contributed by atoms with Gasteiger partial charge in [0.15, 0.2) is 17.3 Å². The molecule has 0 spiro atoms. The van der Waals surface area contributed by atoms with Crippen molar-refractivity contribution in [2.75, 3.05) is 7.11 Å². The van der Waals surface area contributed by atoms with Crippen LogP contribution in [0.25, 0.3) is 11.4 Å². The molecule has 34 heavy (non-hydrogen) atoms. The molecule has 4 rings (SSSR count). The average molecular weight is 486 g/mol. The van der Waals surface area contributed by atoms with Gasteiger partial charge in [0, 0.05) is 5.56 Å². The van der Waals surface area contributed by atoms with E-state index in [4.69, 9.17) is 26.1 Å². The van der Waals surface area contributed by atoms with Crippen LogP contribution in [0.4, 0.5) is 8.78 Å². The first-order chi connectivity index (χ1) is 16.4. The fourth-order valence-electron chi connectivity index (χ4n) is 2.89. The summed E-state index contributed by atoms with van der Waals surface area (Å²) in [7, 11) is 1.44. The van der Waals surface area contributed by atoms with Crippen LogP contribution in [0, 0.1) is 4.77 Å². The predicted octanol–water partition coefficient (Wildman–Crippen LogP) is 4.91. The number of furan rings is 1. The predicted molar refractivity (Wildman–Crippen MR) is 119 cm³/mol. The summed E-state index contributed by atoms with van der Waals surface area (Å²) >= 11 is 5.24. The minimum atomic E-state index is -2.91. The highest BCUT2D eigenvalue weighted by Crippen LogP contribution is 2.29. The monoisotopic (exact) mass is 486 g/mol. The Balaban J connectivity index is 1.55. The molecule has 0 saturated heterocycles. The standard InChI is InChI=1S/C22H16F2N4O5S/c1-30-18-11-13(4-9-16(18)33-20(29)17-3-2-10-31-17)12-25-28-19(26-27-22(28)34)14-5-7-15(8-6-14)32-21(23)24/h2-12,21H,1H3,(H,27,34). The fourth-order valence-corrected chi connectivity index (χ4v) is 3.07. The normalized spacial score (nSPS) is 11.2. The van der Waals surface area contributed by atoms with Crippen LogP contribution in [-0.2, 0) is 0 Å². The summed E-state index contributed by atoms with van der Waals surface area (Å²) in [6, 6.07) is 13.8. The van der Waals surface area contributed by atoms with Crippen LogP contribution in [0.2, 0.25) is 0 Å². The van der Waals surface area contributed by atoms with Crippen molar-refractivity contribution in [2.24, 2.45) is 5.10 Å². The number of hydrogen-bond acceptors (Lipinski definition) is 8. The van der Waals surface area contributed by atoms with Crippen LogP contribution in [-0.4, -0.2) is 40.8 Å². The first-order valence-corrected chi connectivity index (χ1v) is 10.1. The molecule has 12 heteroatoms. The van der Waals surface area contributed by atoms with Gasteiger partial charge in [0.1, 0.15) is 5.75 Å². The Bertz CT molecular complexity index is 1360.